The Balaban J connectivity index is 1.56. The molecule has 0 radical (unpaired) electrons. The molecule has 2 rings (SSSR count). The highest BCUT2D eigenvalue weighted by atomic mass is 15.2. The first-order valence-corrected chi connectivity index (χ1v) is 8.31. The van der Waals surface area contributed by atoms with Crippen LogP contribution in [0.1, 0.15) is 64.7 Å². The van der Waals surface area contributed by atoms with Crippen LogP contribution in [0.15, 0.2) is 0 Å². The summed E-state index contributed by atoms with van der Waals surface area (Å²) in [5.41, 5.74) is 0. The lowest BCUT2D eigenvalue weighted by Gasteiger charge is -2.27. The van der Waals surface area contributed by atoms with Crippen LogP contribution >= 0.6 is 0 Å². The van der Waals surface area contributed by atoms with E-state index in [1.165, 1.54) is 84.0 Å². The van der Waals surface area contributed by atoms with Crippen LogP contribution in [0.4, 0.5) is 0 Å². The van der Waals surface area contributed by atoms with E-state index in [9.17, 15) is 0 Å². The summed E-state index contributed by atoms with van der Waals surface area (Å²) in [6, 6.07) is 0.809. The van der Waals surface area contributed by atoms with Gasteiger partial charge in [0.2, 0.25) is 0 Å². The Hall–Kier alpha value is -0.0800. The van der Waals surface area contributed by atoms with Crippen molar-refractivity contribution in [2.24, 2.45) is 5.92 Å². The summed E-state index contributed by atoms with van der Waals surface area (Å²) in [5, 5.41) is 3.70. The van der Waals surface area contributed by atoms with E-state index in [0.29, 0.717) is 0 Å². The van der Waals surface area contributed by atoms with Gasteiger partial charge in [0.05, 0.1) is 0 Å². The third-order valence-electron chi connectivity index (χ3n) is 4.92. The van der Waals surface area contributed by atoms with Gasteiger partial charge in [-0.15, -0.1) is 0 Å². The van der Waals surface area contributed by atoms with Crippen molar-refractivity contribution in [1.82, 2.24) is 10.2 Å². The molecule has 0 bridgehead atoms. The van der Waals surface area contributed by atoms with Crippen LogP contribution in [0.2, 0.25) is 0 Å². The Morgan fingerprint density at radius 3 is 2.50 bits per heavy atom. The number of rotatable bonds is 5. The zero-order valence-corrected chi connectivity index (χ0v) is 12.3. The highest BCUT2D eigenvalue weighted by Gasteiger charge is 2.16. The van der Waals surface area contributed by atoms with E-state index in [-0.39, 0.29) is 0 Å². The molecule has 0 amide bonds. The minimum atomic E-state index is 0.809. The van der Waals surface area contributed by atoms with Gasteiger partial charge in [0, 0.05) is 19.1 Å². The summed E-state index contributed by atoms with van der Waals surface area (Å²) in [4.78, 5) is 2.70. The molecule has 2 aliphatic rings. The lowest BCUT2D eigenvalue weighted by Crippen LogP contribution is -2.39. The molecule has 0 aromatic carbocycles. The average molecular weight is 252 g/mol. The smallest absolute Gasteiger partial charge is 0.0110 e. The SMILES string of the molecule is CC1CCCCCN1CCNCC1CCCCC1. The van der Waals surface area contributed by atoms with E-state index in [2.05, 4.69) is 17.1 Å². The van der Waals surface area contributed by atoms with Crippen LogP contribution < -0.4 is 5.32 Å². The molecule has 0 spiro atoms. The summed E-state index contributed by atoms with van der Waals surface area (Å²) in [6.45, 7) is 7.45. The maximum absolute atomic E-state index is 3.70. The van der Waals surface area contributed by atoms with Gasteiger partial charge < -0.3 is 5.32 Å². The third kappa shape index (κ3) is 4.89. The van der Waals surface area contributed by atoms with Crippen LogP contribution in [0.3, 0.4) is 0 Å². The molecule has 2 nitrogen and oxygen atoms in total. The Labute approximate surface area is 114 Å². The predicted molar refractivity (Wildman–Crippen MR) is 78.9 cm³/mol. The molecule has 2 heteroatoms. The van der Waals surface area contributed by atoms with Gasteiger partial charge >= 0.3 is 0 Å². The minimum absolute atomic E-state index is 0.809. The van der Waals surface area contributed by atoms with Crippen LogP contribution in [-0.4, -0.2) is 37.1 Å². The van der Waals surface area contributed by atoms with E-state index in [0.717, 1.165) is 12.0 Å². The molecular weight excluding hydrogens is 220 g/mol. The molecule has 18 heavy (non-hydrogen) atoms. The maximum Gasteiger partial charge on any atom is 0.0110 e. The van der Waals surface area contributed by atoms with Gasteiger partial charge in [0.25, 0.3) is 0 Å². The van der Waals surface area contributed by atoms with E-state index in [1.807, 2.05) is 0 Å². The van der Waals surface area contributed by atoms with Crippen molar-refractivity contribution in [2.45, 2.75) is 70.8 Å². The first-order valence-electron chi connectivity index (χ1n) is 8.31. The topological polar surface area (TPSA) is 15.3 Å². The monoisotopic (exact) mass is 252 g/mol. The van der Waals surface area contributed by atoms with Crippen molar-refractivity contribution in [3.05, 3.63) is 0 Å². The lowest BCUT2D eigenvalue weighted by molar-refractivity contribution is 0.211. The summed E-state index contributed by atoms with van der Waals surface area (Å²) < 4.78 is 0. The predicted octanol–water partition coefficient (Wildman–Crippen LogP) is 3.42. The molecule has 1 saturated carbocycles. The zero-order valence-electron chi connectivity index (χ0n) is 12.3. The van der Waals surface area contributed by atoms with Gasteiger partial charge in [-0.25, -0.2) is 0 Å². The summed E-state index contributed by atoms with van der Waals surface area (Å²) in [7, 11) is 0. The molecule has 1 saturated heterocycles. The highest BCUT2D eigenvalue weighted by molar-refractivity contribution is 4.73. The first kappa shape index (κ1) is 14.3. The fourth-order valence-corrected chi connectivity index (χ4v) is 3.59. The fraction of sp³-hybridized carbons (Fsp3) is 1.00. The summed E-state index contributed by atoms with van der Waals surface area (Å²) >= 11 is 0. The molecule has 2 fully saturated rings. The molecule has 1 N–H and O–H groups in total. The van der Waals surface area contributed by atoms with Gasteiger partial charge in [0.15, 0.2) is 0 Å². The highest BCUT2D eigenvalue weighted by Crippen LogP contribution is 2.22. The van der Waals surface area contributed by atoms with E-state index < -0.39 is 0 Å². The molecule has 106 valence electrons. The molecular formula is C16H32N2. The maximum atomic E-state index is 3.70. The van der Waals surface area contributed by atoms with E-state index in [4.69, 9.17) is 0 Å². The van der Waals surface area contributed by atoms with E-state index >= 15 is 0 Å². The lowest BCUT2D eigenvalue weighted by atomic mass is 9.89. The Morgan fingerprint density at radius 1 is 0.944 bits per heavy atom. The number of nitrogens with one attached hydrogen (secondary N) is 1. The number of nitrogens with zero attached hydrogens (tertiary/aromatic N) is 1. The van der Waals surface area contributed by atoms with Crippen molar-refractivity contribution >= 4 is 0 Å². The Morgan fingerprint density at radius 2 is 1.67 bits per heavy atom. The van der Waals surface area contributed by atoms with Crippen molar-refractivity contribution in [3.8, 4) is 0 Å². The zero-order chi connectivity index (χ0) is 12.6. The van der Waals surface area contributed by atoms with Crippen molar-refractivity contribution in [2.75, 3.05) is 26.2 Å². The Kier molecular flexibility index (Phi) is 6.50. The van der Waals surface area contributed by atoms with Gasteiger partial charge in [-0.05, 0) is 51.6 Å². The average Bonchev–Trinajstić information content (AvgIpc) is 2.61. The van der Waals surface area contributed by atoms with Crippen molar-refractivity contribution < 1.29 is 0 Å². The molecule has 1 aliphatic carbocycles. The normalized spacial score (nSPS) is 28.2. The van der Waals surface area contributed by atoms with Crippen molar-refractivity contribution in [3.63, 3.8) is 0 Å². The summed E-state index contributed by atoms with van der Waals surface area (Å²) in [5.74, 6) is 0.973. The van der Waals surface area contributed by atoms with Crippen LogP contribution in [-0.2, 0) is 0 Å². The minimum Gasteiger partial charge on any atom is -0.315 e. The number of hydrogen-bond donors (Lipinski definition) is 1. The van der Waals surface area contributed by atoms with Crippen LogP contribution in [0.5, 0.6) is 0 Å². The van der Waals surface area contributed by atoms with Gasteiger partial charge in [0.1, 0.15) is 0 Å². The molecule has 0 aromatic heterocycles. The second-order valence-electron chi connectivity index (χ2n) is 6.44. The molecule has 1 unspecified atom stereocenters. The molecule has 0 aromatic rings. The van der Waals surface area contributed by atoms with Crippen LogP contribution in [0, 0.1) is 5.92 Å². The van der Waals surface area contributed by atoms with Crippen LogP contribution in [0.25, 0.3) is 0 Å². The van der Waals surface area contributed by atoms with Gasteiger partial charge in [-0.3, -0.25) is 4.90 Å². The molecule has 1 aliphatic heterocycles. The first-order chi connectivity index (χ1) is 8.86. The molecule has 1 atom stereocenters. The quantitative estimate of drug-likeness (QED) is 0.754. The van der Waals surface area contributed by atoms with E-state index in [1.54, 1.807) is 0 Å². The number of likely N-dealkylation sites (tertiary alicyclic amines) is 1. The standard InChI is InChI=1S/C16H32N2/c1-15-8-4-3-7-12-18(15)13-11-17-14-16-9-5-2-6-10-16/h15-17H,2-14H2,1H3. The number of hydrogen-bond acceptors (Lipinski definition) is 2. The second kappa shape index (κ2) is 8.16. The fourth-order valence-electron chi connectivity index (χ4n) is 3.59. The molecule has 1 heterocycles. The van der Waals surface area contributed by atoms with Gasteiger partial charge in [-0.1, -0.05) is 32.1 Å². The second-order valence-corrected chi connectivity index (χ2v) is 6.44. The third-order valence-corrected chi connectivity index (χ3v) is 4.92. The Bertz CT molecular complexity index is 211. The van der Waals surface area contributed by atoms with Gasteiger partial charge in [-0.2, -0.15) is 0 Å². The largest absolute Gasteiger partial charge is 0.315 e. The van der Waals surface area contributed by atoms with Crippen molar-refractivity contribution in [1.29, 1.82) is 0 Å². The summed E-state index contributed by atoms with van der Waals surface area (Å²) in [6.07, 6.45) is 13.0.